The highest BCUT2D eigenvalue weighted by Gasteiger charge is 2.23. The molecule has 3 N–H and O–H groups in total. The van der Waals surface area contributed by atoms with Gasteiger partial charge in [-0.05, 0) is 43.7 Å². The third-order valence-corrected chi connectivity index (χ3v) is 6.17. The van der Waals surface area contributed by atoms with Gasteiger partial charge in [0.05, 0.1) is 7.11 Å². The molecule has 0 saturated carbocycles. The number of nitrogens with two attached hydrogens (primary N) is 1. The van der Waals surface area contributed by atoms with Crippen LogP contribution in [0.3, 0.4) is 0 Å². The van der Waals surface area contributed by atoms with E-state index in [0.29, 0.717) is 18.3 Å². The second kappa shape index (κ2) is 14.0. The summed E-state index contributed by atoms with van der Waals surface area (Å²) in [6.45, 7) is 7.73. The zero-order valence-electron chi connectivity index (χ0n) is 17.7. The number of aliphatic imine (C=N–C) groups is 1. The van der Waals surface area contributed by atoms with E-state index >= 15 is 0 Å². The number of para-hydroxylation sites is 1. The average Bonchev–Trinajstić information content (AvgIpc) is 2.69. The van der Waals surface area contributed by atoms with Crippen molar-refractivity contribution >= 4 is 47.6 Å². The molecular weight excluding hydrogens is 499 g/mol. The highest BCUT2D eigenvalue weighted by atomic mass is 127. The Morgan fingerprint density at radius 2 is 2.21 bits per heavy atom. The molecule has 29 heavy (non-hydrogen) atoms. The molecule has 6 nitrogen and oxygen atoms in total. The van der Waals surface area contributed by atoms with Crippen molar-refractivity contribution in [3.05, 3.63) is 24.3 Å². The quantitative estimate of drug-likeness (QED) is 0.219. The molecule has 1 heterocycles. The summed E-state index contributed by atoms with van der Waals surface area (Å²) >= 11 is 1.81. The number of piperidine rings is 1. The molecule has 2 unspecified atom stereocenters. The molecule has 0 bridgehead atoms. The highest BCUT2D eigenvalue weighted by molar-refractivity contribution is 14.0. The van der Waals surface area contributed by atoms with Crippen LogP contribution in [-0.2, 0) is 4.79 Å². The van der Waals surface area contributed by atoms with E-state index in [2.05, 4.69) is 30.1 Å². The second-order valence-corrected chi connectivity index (χ2v) is 8.45. The van der Waals surface area contributed by atoms with Crippen molar-refractivity contribution in [2.24, 2.45) is 22.6 Å². The van der Waals surface area contributed by atoms with Crippen LogP contribution in [0.15, 0.2) is 34.2 Å². The number of halogens is 1. The number of methoxy groups -OCH3 is 1. The normalized spacial score (nSPS) is 18.0. The number of thioether (sulfide) groups is 1. The highest BCUT2D eigenvalue weighted by Crippen LogP contribution is 2.30. The average molecular weight is 535 g/mol. The lowest BCUT2D eigenvalue weighted by molar-refractivity contribution is -0.119. The predicted octanol–water partition coefficient (Wildman–Crippen LogP) is 3.59. The maximum absolute atomic E-state index is 11.3. The summed E-state index contributed by atoms with van der Waals surface area (Å²) in [4.78, 5) is 19.6. The summed E-state index contributed by atoms with van der Waals surface area (Å²) in [5, 5.41) is 3.41. The van der Waals surface area contributed by atoms with E-state index < -0.39 is 0 Å². The summed E-state index contributed by atoms with van der Waals surface area (Å²) in [6.07, 6.45) is 2.59. The number of nitrogens with zero attached hydrogens (tertiary/aromatic N) is 2. The number of carbonyl (C=O) groups is 1. The van der Waals surface area contributed by atoms with Gasteiger partial charge in [0.25, 0.3) is 0 Å². The van der Waals surface area contributed by atoms with Crippen LogP contribution in [0.2, 0.25) is 0 Å². The third-order valence-electron chi connectivity index (χ3n) is 4.79. The van der Waals surface area contributed by atoms with Crippen LogP contribution in [0, 0.1) is 11.8 Å². The van der Waals surface area contributed by atoms with Crippen LogP contribution in [0.5, 0.6) is 5.75 Å². The van der Waals surface area contributed by atoms with Gasteiger partial charge < -0.3 is 20.7 Å². The molecule has 1 aromatic carbocycles. The van der Waals surface area contributed by atoms with Crippen LogP contribution in [-0.4, -0.2) is 55.8 Å². The molecule has 8 heteroatoms. The van der Waals surface area contributed by atoms with Gasteiger partial charge in [0.2, 0.25) is 5.91 Å². The first-order valence-corrected chi connectivity index (χ1v) is 11.1. The molecule has 0 aromatic heterocycles. The number of rotatable bonds is 9. The Hall–Kier alpha value is -1.16. The first-order valence-electron chi connectivity index (χ1n) is 10.1. The number of benzene rings is 1. The van der Waals surface area contributed by atoms with Gasteiger partial charge in [0.1, 0.15) is 5.75 Å². The Bertz CT molecular complexity index is 659. The van der Waals surface area contributed by atoms with Gasteiger partial charge in [-0.3, -0.25) is 9.79 Å². The van der Waals surface area contributed by atoms with E-state index in [1.807, 2.05) is 30.0 Å². The number of hydrogen-bond donors (Lipinski definition) is 2. The summed E-state index contributed by atoms with van der Waals surface area (Å²) < 4.78 is 5.43. The number of ether oxygens (including phenoxy) is 1. The minimum atomic E-state index is -0.212. The van der Waals surface area contributed by atoms with E-state index in [0.717, 1.165) is 61.4 Å². The van der Waals surface area contributed by atoms with Gasteiger partial charge in [-0.15, -0.1) is 35.7 Å². The predicted molar refractivity (Wildman–Crippen MR) is 132 cm³/mol. The van der Waals surface area contributed by atoms with Gasteiger partial charge in [-0.25, -0.2) is 0 Å². The third kappa shape index (κ3) is 9.02. The molecule has 164 valence electrons. The Kier molecular flexibility index (Phi) is 12.4. The van der Waals surface area contributed by atoms with Gasteiger partial charge in [0, 0.05) is 43.2 Å². The van der Waals surface area contributed by atoms with Crippen molar-refractivity contribution in [1.82, 2.24) is 10.2 Å². The Balaban J connectivity index is 0.00000420. The number of primary amides is 1. The molecule has 0 radical (unpaired) electrons. The van der Waals surface area contributed by atoms with Crippen molar-refractivity contribution in [2.75, 3.05) is 39.0 Å². The van der Waals surface area contributed by atoms with Crippen molar-refractivity contribution in [2.45, 2.75) is 38.0 Å². The minimum absolute atomic E-state index is 0. The van der Waals surface area contributed by atoms with Crippen molar-refractivity contribution in [3.63, 3.8) is 0 Å². The van der Waals surface area contributed by atoms with E-state index in [4.69, 9.17) is 15.5 Å². The Morgan fingerprint density at radius 1 is 1.45 bits per heavy atom. The molecule has 1 aliphatic rings. The summed E-state index contributed by atoms with van der Waals surface area (Å²) in [7, 11) is 1.71. The summed E-state index contributed by atoms with van der Waals surface area (Å²) in [5.41, 5.74) is 5.39. The smallest absolute Gasteiger partial charge is 0.217 e. The van der Waals surface area contributed by atoms with Gasteiger partial charge in [-0.2, -0.15) is 0 Å². The lowest BCUT2D eigenvalue weighted by atomic mass is 9.95. The molecule has 1 aliphatic heterocycles. The van der Waals surface area contributed by atoms with E-state index in [1.165, 1.54) is 0 Å². The zero-order chi connectivity index (χ0) is 20.4. The second-order valence-electron chi connectivity index (χ2n) is 7.39. The fourth-order valence-corrected chi connectivity index (χ4v) is 4.44. The van der Waals surface area contributed by atoms with Crippen molar-refractivity contribution < 1.29 is 9.53 Å². The standard InChI is InChI=1S/C21H34N4O2S.HI/c1-4-23-21(25-11-7-8-17(14-25)12-20(22)26)24-13-16(2)15-28-19-10-6-5-9-18(19)27-3;/h5-6,9-10,16-17H,4,7-8,11-15H2,1-3H3,(H2,22,26)(H,23,24);1H. The van der Waals surface area contributed by atoms with Crippen LogP contribution in [0.25, 0.3) is 0 Å². The SMILES string of the molecule is CCNC(=NCC(C)CSc1ccccc1OC)N1CCCC(CC(N)=O)C1.I. The summed E-state index contributed by atoms with van der Waals surface area (Å²) in [5.74, 6) is 3.41. The number of amides is 1. The molecular formula is C21H35IN4O2S. The largest absolute Gasteiger partial charge is 0.496 e. The van der Waals surface area contributed by atoms with E-state index in [-0.39, 0.29) is 29.9 Å². The number of nitrogens with one attached hydrogen (secondary N) is 1. The number of likely N-dealkylation sites (tertiary alicyclic amines) is 1. The molecule has 2 rings (SSSR count). The molecule has 1 saturated heterocycles. The van der Waals surface area contributed by atoms with Crippen molar-refractivity contribution in [3.8, 4) is 5.75 Å². The monoisotopic (exact) mass is 534 g/mol. The number of guanidine groups is 1. The lowest BCUT2D eigenvalue weighted by Crippen LogP contribution is -2.47. The number of hydrogen-bond acceptors (Lipinski definition) is 4. The van der Waals surface area contributed by atoms with Gasteiger partial charge in [-0.1, -0.05) is 19.1 Å². The fourth-order valence-electron chi connectivity index (χ4n) is 3.40. The molecule has 1 amide bonds. The summed E-state index contributed by atoms with van der Waals surface area (Å²) in [6, 6.07) is 8.11. The van der Waals surface area contributed by atoms with Gasteiger partial charge in [0.15, 0.2) is 5.96 Å². The van der Waals surface area contributed by atoms with E-state index in [1.54, 1.807) is 7.11 Å². The Morgan fingerprint density at radius 3 is 2.90 bits per heavy atom. The van der Waals surface area contributed by atoms with Crippen LogP contribution in [0.1, 0.15) is 33.1 Å². The lowest BCUT2D eigenvalue weighted by Gasteiger charge is -2.34. The zero-order valence-corrected chi connectivity index (χ0v) is 20.9. The maximum atomic E-state index is 11.3. The van der Waals surface area contributed by atoms with Crippen LogP contribution >= 0.6 is 35.7 Å². The topological polar surface area (TPSA) is 80.0 Å². The van der Waals surface area contributed by atoms with Crippen molar-refractivity contribution in [1.29, 1.82) is 0 Å². The first kappa shape index (κ1) is 25.9. The van der Waals surface area contributed by atoms with Gasteiger partial charge >= 0.3 is 0 Å². The maximum Gasteiger partial charge on any atom is 0.217 e. The number of carbonyl (C=O) groups excluding carboxylic acids is 1. The molecule has 0 spiro atoms. The van der Waals surface area contributed by atoms with Crippen LogP contribution < -0.4 is 15.8 Å². The fraction of sp³-hybridized carbons (Fsp3) is 0.619. The molecule has 0 aliphatic carbocycles. The van der Waals surface area contributed by atoms with Crippen LogP contribution in [0.4, 0.5) is 0 Å². The molecule has 2 atom stereocenters. The van der Waals surface area contributed by atoms with E-state index in [9.17, 15) is 4.79 Å². The molecule has 1 fully saturated rings. The first-order chi connectivity index (χ1) is 13.5. The molecule has 1 aromatic rings. The Labute approximate surface area is 196 Å². The minimum Gasteiger partial charge on any atom is -0.496 e.